The highest BCUT2D eigenvalue weighted by Gasteiger charge is 2.25. The number of carbonyl (C=O) groups is 2. The average molecular weight is 400 g/mol. The van der Waals surface area contributed by atoms with Crippen LogP contribution < -0.4 is 10.2 Å². The Bertz CT molecular complexity index is 862. The summed E-state index contributed by atoms with van der Waals surface area (Å²) in [6.07, 6.45) is 1.49. The fourth-order valence-corrected chi connectivity index (χ4v) is 4.51. The second kappa shape index (κ2) is 9.01. The van der Waals surface area contributed by atoms with Crippen molar-refractivity contribution in [2.45, 2.75) is 18.9 Å². The Balaban J connectivity index is 1.66. The third kappa shape index (κ3) is 4.78. The van der Waals surface area contributed by atoms with E-state index in [1.54, 1.807) is 48.2 Å². The predicted octanol–water partition coefficient (Wildman–Crippen LogP) is 3.34. The molecule has 0 aromatic heterocycles. The number of urea groups is 1. The van der Waals surface area contributed by atoms with Crippen LogP contribution >= 0.6 is 0 Å². The number of carbonyl (C=O) groups excluding carboxylic acids is 2. The molecule has 1 fully saturated rings. The lowest BCUT2D eigenvalue weighted by Crippen LogP contribution is -2.43. The minimum atomic E-state index is -0.758. The minimum Gasteiger partial charge on any atom is -0.325 e. The monoisotopic (exact) mass is 399 g/mol. The first-order valence-corrected chi connectivity index (χ1v) is 10.8. The molecule has 1 saturated heterocycles. The maximum atomic E-state index is 12.8. The highest BCUT2D eigenvalue weighted by Crippen LogP contribution is 2.19. The number of amides is 3. The Kier molecular flexibility index (Phi) is 6.46. The summed E-state index contributed by atoms with van der Waals surface area (Å²) < 4.78 is 11.5. The van der Waals surface area contributed by atoms with Crippen LogP contribution in [-0.4, -0.2) is 52.7 Å². The van der Waals surface area contributed by atoms with Crippen LogP contribution in [0.5, 0.6) is 0 Å². The topological polar surface area (TPSA) is 69.7 Å². The quantitative estimate of drug-likeness (QED) is 0.857. The highest BCUT2D eigenvalue weighted by atomic mass is 32.2. The van der Waals surface area contributed by atoms with Gasteiger partial charge in [-0.05, 0) is 43.2 Å². The van der Waals surface area contributed by atoms with E-state index in [2.05, 4.69) is 5.32 Å². The second-order valence-corrected chi connectivity index (χ2v) is 8.60. The third-order valence-corrected chi connectivity index (χ3v) is 6.42. The molecule has 0 spiro atoms. The summed E-state index contributed by atoms with van der Waals surface area (Å²) in [6.45, 7) is 0. The lowest BCUT2D eigenvalue weighted by molar-refractivity contribution is 0.0993. The van der Waals surface area contributed by atoms with Crippen molar-refractivity contribution in [3.05, 3.63) is 60.2 Å². The van der Waals surface area contributed by atoms with E-state index in [4.69, 9.17) is 0 Å². The maximum Gasteiger partial charge on any atom is 0.321 e. The van der Waals surface area contributed by atoms with Crippen molar-refractivity contribution in [3.8, 4) is 0 Å². The van der Waals surface area contributed by atoms with Gasteiger partial charge in [-0.25, -0.2) is 4.79 Å². The SMILES string of the molecule is CN(C(=O)c1cccc(NC(=O)N(C)C2CCS(=O)CC2)c1)c1ccccc1. The van der Waals surface area contributed by atoms with Crippen LogP contribution in [0.3, 0.4) is 0 Å². The summed E-state index contributed by atoms with van der Waals surface area (Å²) in [7, 11) is 2.72. The van der Waals surface area contributed by atoms with Gasteiger partial charge in [0.05, 0.1) is 0 Å². The third-order valence-electron chi connectivity index (χ3n) is 5.03. The molecule has 0 unspecified atom stereocenters. The molecular formula is C21H25N3O3S. The summed E-state index contributed by atoms with van der Waals surface area (Å²) in [6, 6.07) is 16.2. The van der Waals surface area contributed by atoms with Crippen molar-refractivity contribution in [1.29, 1.82) is 0 Å². The van der Waals surface area contributed by atoms with Gasteiger partial charge in [0.2, 0.25) is 0 Å². The number of rotatable bonds is 4. The van der Waals surface area contributed by atoms with E-state index < -0.39 is 10.8 Å². The Morgan fingerprint density at radius 1 is 1.00 bits per heavy atom. The number of para-hydroxylation sites is 1. The molecule has 2 aromatic rings. The second-order valence-electron chi connectivity index (χ2n) is 6.90. The number of hydrogen-bond donors (Lipinski definition) is 1. The summed E-state index contributed by atoms with van der Waals surface area (Å²) in [5.74, 6) is 1.13. The first kappa shape index (κ1) is 20.1. The zero-order valence-electron chi connectivity index (χ0n) is 16.1. The molecule has 3 amide bonds. The molecule has 0 radical (unpaired) electrons. The standard InChI is InChI=1S/C21H25N3O3S/c1-23(18-9-4-3-5-10-18)20(25)16-7-6-8-17(15-16)22-21(26)24(2)19-11-13-28(27)14-12-19/h3-10,15,19H,11-14H2,1-2H3,(H,22,26). The molecule has 1 heterocycles. The van der Waals surface area contributed by atoms with E-state index in [1.165, 1.54) is 0 Å². The van der Waals surface area contributed by atoms with E-state index in [-0.39, 0.29) is 18.0 Å². The molecule has 0 aliphatic carbocycles. The van der Waals surface area contributed by atoms with Gasteiger partial charge < -0.3 is 15.1 Å². The van der Waals surface area contributed by atoms with Gasteiger partial charge >= 0.3 is 6.03 Å². The molecule has 6 nitrogen and oxygen atoms in total. The van der Waals surface area contributed by atoms with E-state index in [1.807, 2.05) is 30.3 Å². The van der Waals surface area contributed by atoms with Crippen LogP contribution in [-0.2, 0) is 10.8 Å². The minimum absolute atomic E-state index is 0.0896. The van der Waals surface area contributed by atoms with Gasteiger partial charge in [-0.15, -0.1) is 0 Å². The van der Waals surface area contributed by atoms with Crippen LogP contribution in [0.25, 0.3) is 0 Å². The molecule has 1 aliphatic heterocycles. The smallest absolute Gasteiger partial charge is 0.321 e. The molecule has 2 aromatic carbocycles. The highest BCUT2D eigenvalue weighted by molar-refractivity contribution is 7.85. The Morgan fingerprint density at radius 2 is 1.68 bits per heavy atom. The van der Waals surface area contributed by atoms with Crippen LogP contribution in [0.1, 0.15) is 23.2 Å². The summed E-state index contributed by atoms with van der Waals surface area (Å²) in [5.41, 5.74) is 1.87. The fraction of sp³-hybridized carbons (Fsp3) is 0.333. The number of nitrogens with zero attached hydrogens (tertiary/aromatic N) is 2. The van der Waals surface area contributed by atoms with Crippen molar-refractivity contribution >= 4 is 34.1 Å². The van der Waals surface area contributed by atoms with Gasteiger partial charge in [0.25, 0.3) is 5.91 Å². The Hall–Kier alpha value is -2.67. The van der Waals surface area contributed by atoms with Crippen molar-refractivity contribution in [1.82, 2.24) is 4.90 Å². The van der Waals surface area contributed by atoms with Crippen LogP contribution in [0.15, 0.2) is 54.6 Å². The van der Waals surface area contributed by atoms with E-state index >= 15 is 0 Å². The largest absolute Gasteiger partial charge is 0.325 e. The van der Waals surface area contributed by atoms with Crippen molar-refractivity contribution in [3.63, 3.8) is 0 Å². The molecule has 0 atom stereocenters. The summed E-state index contributed by atoms with van der Waals surface area (Å²) >= 11 is 0. The van der Waals surface area contributed by atoms with Gasteiger partial charge in [0.1, 0.15) is 0 Å². The van der Waals surface area contributed by atoms with Crippen LogP contribution in [0.4, 0.5) is 16.2 Å². The lowest BCUT2D eigenvalue weighted by atomic mass is 10.1. The molecule has 1 aliphatic rings. The van der Waals surface area contributed by atoms with Gasteiger partial charge in [-0.1, -0.05) is 24.3 Å². The zero-order chi connectivity index (χ0) is 20.1. The Morgan fingerprint density at radius 3 is 2.36 bits per heavy atom. The maximum absolute atomic E-state index is 12.8. The molecule has 7 heteroatoms. The molecule has 1 N–H and O–H groups in total. The van der Waals surface area contributed by atoms with Gasteiger partial charge in [-0.2, -0.15) is 0 Å². The summed E-state index contributed by atoms with van der Waals surface area (Å²) in [5, 5.41) is 2.86. The first-order valence-electron chi connectivity index (χ1n) is 9.27. The van der Waals surface area contributed by atoms with E-state index in [0.29, 0.717) is 22.8 Å². The van der Waals surface area contributed by atoms with Gasteiger partial charge in [-0.3, -0.25) is 9.00 Å². The fourth-order valence-electron chi connectivity index (χ4n) is 3.24. The molecule has 3 rings (SSSR count). The molecular weight excluding hydrogens is 374 g/mol. The van der Waals surface area contributed by atoms with Crippen LogP contribution in [0.2, 0.25) is 0 Å². The van der Waals surface area contributed by atoms with Crippen LogP contribution in [0, 0.1) is 0 Å². The zero-order valence-corrected chi connectivity index (χ0v) is 16.9. The first-order chi connectivity index (χ1) is 13.5. The molecule has 0 saturated carbocycles. The summed E-state index contributed by atoms with van der Waals surface area (Å²) in [4.78, 5) is 28.6. The number of hydrogen-bond acceptors (Lipinski definition) is 3. The van der Waals surface area contributed by atoms with Crippen molar-refractivity contribution in [2.75, 3.05) is 35.8 Å². The van der Waals surface area contributed by atoms with Gasteiger partial charge in [0, 0.05) is 59.4 Å². The van der Waals surface area contributed by atoms with E-state index in [9.17, 15) is 13.8 Å². The van der Waals surface area contributed by atoms with Gasteiger partial charge in [0.15, 0.2) is 0 Å². The van der Waals surface area contributed by atoms with Crippen molar-refractivity contribution in [2.24, 2.45) is 0 Å². The lowest BCUT2D eigenvalue weighted by Gasteiger charge is -2.31. The van der Waals surface area contributed by atoms with E-state index in [0.717, 1.165) is 18.5 Å². The number of anilines is 2. The normalized spacial score (nSPS) is 18.9. The predicted molar refractivity (Wildman–Crippen MR) is 113 cm³/mol. The Labute approximate surface area is 168 Å². The molecule has 148 valence electrons. The van der Waals surface area contributed by atoms with Crippen molar-refractivity contribution < 1.29 is 13.8 Å². The molecule has 0 bridgehead atoms. The molecule has 28 heavy (non-hydrogen) atoms. The number of benzene rings is 2. The number of nitrogens with one attached hydrogen (secondary N) is 1. The average Bonchev–Trinajstić information content (AvgIpc) is 2.73.